The number of carboxylic acids is 1. The molecule has 1 fully saturated rings. The Bertz CT molecular complexity index is 344. The Balaban J connectivity index is 2.47. The van der Waals surface area contributed by atoms with Crippen LogP contribution in [-0.4, -0.2) is 34.2 Å². The fraction of sp³-hybridized carbons (Fsp3) is 0.857. The van der Waals surface area contributed by atoms with Crippen LogP contribution >= 0.6 is 0 Å². The van der Waals surface area contributed by atoms with E-state index in [9.17, 15) is 14.7 Å². The first-order chi connectivity index (χ1) is 8.75. The molecule has 0 heterocycles. The van der Waals surface area contributed by atoms with Gasteiger partial charge < -0.3 is 15.5 Å². The summed E-state index contributed by atoms with van der Waals surface area (Å²) < 4.78 is 0. The van der Waals surface area contributed by atoms with Crippen LogP contribution < -0.4 is 5.32 Å². The maximum Gasteiger partial charge on any atom is 0.307 e. The SMILES string of the molecule is CC1CCCC(O)(CNC(=O)C(C)C(C)C(=O)O)C1. The summed E-state index contributed by atoms with van der Waals surface area (Å²) in [4.78, 5) is 22.7. The Kier molecular flexibility index (Phi) is 5.35. The lowest BCUT2D eigenvalue weighted by Gasteiger charge is -2.36. The summed E-state index contributed by atoms with van der Waals surface area (Å²) in [5.74, 6) is -2.14. The molecule has 5 heteroatoms. The number of aliphatic carboxylic acids is 1. The van der Waals surface area contributed by atoms with Gasteiger partial charge in [-0.3, -0.25) is 9.59 Å². The summed E-state index contributed by atoms with van der Waals surface area (Å²) in [6.45, 7) is 5.43. The lowest BCUT2D eigenvalue weighted by Crippen LogP contribution is -2.47. The topological polar surface area (TPSA) is 86.6 Å². The van der Waals surface area contributed by atoms with Crippen molar-refractivity contribution in [3.8, 4) is 0 Å². The van der Waals surface area contributed by atoms with E-state index < -0.39 is 23.4 Å². The molecular formula is C14H25NO4. The normalized spacial score (nSPS) is 30.4. The molecule has 4 atom stereocenters. The van der Waals surface area contributed by atoms with Crippen LogP contribution in [0.3, 0.4) is 0 Å². The summed E-state index contributed by atoms with van der Waals surface area (Å²) in [6.07, 6.45) is 3.47. The quantitative estimate of drug-likeness (QED) is 0.705. The third-order valence-corrected chi connectivity index (χ3v) is 4.21. The first-order valence-corrected chi connectivity index (χ1v) is 6.98. The van der Waals surface area contributed by atoms with Crippen LogP contribution in [0.1, 0.15) is 46.5 Å². The highest BCUT2D eigenvalue weighted by Gasteiger charge is 2.34. The average molecular weight is 271 g/mol. The Hall–Kier alpha value is -1.10. The second-order valence-electron chi connectivity index (χ2n) is 6.06. The second kappa shape index (κ2) is 6.37. The summed E-state index contributed by atoms with van der Waals surface area (Å²) in [7, 11) is 0. The summed E-state index contributed by atoms with van der Waals surface area (Å²) in [6, 6.07) is 0. The lowest BCUT2D eigenvalue weighted by molar-refractivity contribution is -0.146. The van der Waals surface area contributed by atoms with Gasteiger partial charge in [0.25, 0.3) is 0 Å². The number of carbonyl (C=O) groups is 2. The van der Waals surface area contributed by atoms with Crippen molar-refractivity contribution in [2.75, 3.05) is 6.54 Å². The van der Waals surface area contributed by atoms with E-state index in [1.165, 1.54) is 6.92 Å². The fourth-order valence-electron chi connectivity index (χ4n) is 2.65. The third-order valence-electron chi connectivity index (χ3n) is 4.21. The molecule has 0 aliphatic heterocycles. The third kappa shape index (κ3) is 4.49. The zero-order valence-corrected chi connectivity index (χ0v) is 12.0. The fourth-order valence-corrected chi connectivity index (χ4v) is 2.65. The van der Waals surface area contributed by atoms with Crippen molar-refractivity contribution < 1.29 is 19.8 Å². The van der Waals surface area contributed by atoms with Crippen molar-refractivity contribution in [1.29, 1.82) is 0 Å². The van der Waals surface area contributed by atoms with E-state index in [0.717, 1.165) is 12.8 Å². The van der Waals surface area contributed by atoms with Crippen LogP contribution in [-0.2, 0) is 9.59 Å². The van der Waals surface area contributed by atoms with Crippen molar-refractivity contribution >= 4 is 11.9 Å². The molecule has 0 aromatic rings. The molecule has 1 rings (SSSR count). The number of rotatable bonds is 5. The highest BCUT2D eigenvalue weighted by Crippen LogP contribution is 2.31. The molecular weight excluding hydrogens is 246 g/mol. The minimum atomic E-state index is -0.979. The highest BCUT2D eigenvalue weighted by molar-refractivity contribution is 5.84. The Morgan fingerprint density at radius 1 is 1.37 bits per heavy atom. The van der Waals surface area contributed by atoms with E-state index in [1.54, 1.807) is 6.92 Å². The van der Waals surface area contributed by atoms with Crippen molar-refractivity contribution in [3.63, 3.8) is 0 Å². The zero-order chi connectivity index (χ0) is 14.6. The largest absolute Gasteiger partial charge is 0.481 e. The van der Waals surface area contributed by atoms with E-state index in [-0.39, 0.29) is 12.5 Å². The maximum atomic E-state index is 11.9. The van der Waals surface area contributed by atoms with Gasteiger partial charge >= 0.3 is 5.97 Å². The summed E-state index contributed by atoms with van der Waals surface area (Å²) in [5, 5.41) is 22.0. The van der Waals surface area contributed by atoms with Gasteiger partial charge in [0.05, 0.1) is 11.5 Å². The van der Waals surface area contributed by atoms with E-state index in [0.29, 0.717) is 18.8 Å². The van der Waals surface area contributed by atoms with Crippen LogP contribution in [0.15, 0.2) is 0 Å². The molecule has 0 radical (unpaired) electrons. The van der Waals surface area contributed by atoms with E-state index in [4.69, 9.17) is 5.11 Å². The summed E-state index contributed by atoms with van der Waals surface area (Å²) in [5.41, 5.74) is -0.834. The monoisotopic (exact) mass is 271 g/mol. The summed E-state index contributed by atoms with van der Waals surface area (Å²) >= 11 is 0. The smallest absolute Gasteiger partial charge is 0.307 e. The molecule has 3 N–H and O–H groups in total. The number of carbonyl (C=O) groups excluding carboxylic acids is 1. The van der Waals surface area contributed by atoms with Gasteiger partial charge in [0.15, 0.2) is 0 Å². The first kappa shape index (κ1) is 16.0. The van der Waals surface area contributed by atoms with Gasteiger partial charge in [0, 0.05) is 12.5 Å². The number of aliphatic hydroxyl groups is 1. The van der Waals surface area contributed by atoms with Gasteiger partial charge in [0.1, 0.15) is 0 Å². The number of amides is 1. The number of hydrogen-bond donors (Lipinski definition) is 3. The predicted molar refractivity (Wildman–Crippen MR) is 71.6 cm³/mol. The van der Waals surface area contributed by atoms with Gasteiger partial charge in [-0.25, -0.2) is 0 Å². The van der Waals surface area contributed by atoms with Gasteiger partial charge in [0.2, 0.25) is 5.91 Å². The molecule has 0 aromatic heterocycles. The van der Waals surface area contributed by atoms with E-state index >= 15 is 0 Å². The molecule has 19 heavy (non-hydrogen) atoms. The average Bonchev–Trinajstić information content (AvgIpc) is 2.33. The van der Waals surface area contributed by atoms with Crippen molar-refractivity contribution in [3.05, 3.63) is 0 Å². The van der Waals surface area contributed by atoms with Crippen LogP contribution in [0.25, 0.3) is 0 Å². The lowest BCUT2D eigenvalue weighted by atomic mass is 9.79. The number of hydrogen-bond acceptors (Lipinski definition) is 3. The molecule has 1 aliphatic carbocycles. The maximum absolute atomic E-state index is 11.9. The molecule has 0 bridgehead atoms. The molecule has 5 nitrogen and oxygen atoms in total. The molecule has 1 saturated carbocycles. The second-order valence-corrected chi connectivity index (χ2v) is 6.06. The Labute approximate surface area is 114 Å². The molecule has 1 aliphatic rings. The zero-order valence-electron chi connectivity index (χ0n) is 12.0. The van der Waals surface area contributed by atoms with Gasteiger partial charge in [-0.15, -0.1) is 0 Å². The molecule has 0 aromatic carbocycles. The standard InChI is InChI=1S/C14H25NO4/c1-9-5-4-6-14(19,7-9)8-15-12(16)10(2)11(3)13(17)18/h9-11,19H,4-8H2,1-3H3,(H,15,16)(H,17,18). The van der Waals surface area contributed by atoms with E-state index in [1.807, 2.05) is 0 Å². The number of nitrogens with one attached hydrogen (secondary N) is 1. The van der Waals surface area contributed by atoms with Crippen LogP contribution in [0.5, 0.6) is 0 Å². The van der Waals surface area contributed by atoms with E-state index in [2.05, 4.69) is 12.2 Å². The molecule has 0 saturated heterocycles. The van der Waals surface area contributed by atoms with Crippen LogP contribution in [0.4, 0.5) is 0 Å². The van der Waals surface area contributed by atoms with Crippen LogP contribution in [0.2, 0.25) is 0 Å². The minimum absolute atomic E-state index is 0.215. The number of carboxylic acid groups (broad SMARTS) is 1. The first-order valence-electron chi connectivity index (χ1n) is 6.98. The van der Waals surface area contributed by atoms with Gasteiger partial charge in [-0.2, -0.15) is 0 Å². The van der Waals surface area contributed by atoms with Crippen molar-refractivity contribution in [1.82, 2.24) is 5.32 Å². The van der Waals surface area contributed by atoms with Gasteiger partial charge in [-0.1, -0.05) is 33.6 Å². The predicted octanol–water partition coefficient (Wildman–Crippen LogP) is 1.40. The molecule has 110 valence electrons. The molecule has 4 unspecified atom stereocenters. The Morgan fingerprint density at radius 3 is 2.53 bits per heavy atom. The highest BCUT2D eigenvalue weighted by atomic mass is 16.4. The minimum Gasteiger partial charge on any atom is -0.481 e. The molecule has 1 amide bonds. The van der Waals surface area contributed by atoms with Crippen molar-refractivity contribution in [2.24, 2.45) is 17.8 Å². The Morgan fingerprint density at radius 2 is 2.00 bits per heavy atom. The molecule has 0 spiro atoms. The van der Waals surface area contributed by atoms with Gasteiger partial charge in [-0.05, 0) is 18.8 Å². The van der Waals surface area contributed by atoms with Crippen molar-refractivity contribution in [2.45, 2.75) is 52.1 Å². The van der Waals surface area contributed by atoms with Crippen LogP contribution in [0, 0.1) is 17.8 Å².